The molecule has 0 bridgehead atoms. The SMILES string of the molecule is Cn1c(-c2cc(Oc3ccc(N(c4ccccc4)c4ccc(Oc5cc(-c6nc7ccccc7n6C)nc(-c6nc7ccccc7n6C)c5)cc4)cc3)cc(-c3nc4ccccc4n3C)n2)nc2ccccc21. The van der Waals surface area contributed by atoms with Crippen LogP contribution < -0.4 is 14.4 Å². The van der Waals surface area contributed by atoms with Gasteiger partial charge in [-0.05, 0) is 109 Å². The van der Waals surface area contributed by atoms with E-state index in [9.17, 15) is 0 Å². The lowest BCUT2D eigenvalue weighted by atomic mass is 10.2. The molecule has 13 heteroatoms. The van der Waals surface area contributed by atoms with Crippen LogP contribution in [0.1, 0.15) is 0 Å². The topological polar surface area (TPSA) is 119 Å². The summed E-state index contributed by atoms with van der Waals surface area (Å²) in [6.45, 7) is 0. The van der Waals surface area contributed by atoms with Crippen LogP contribution in [0.2, 0.25) is 0 Å². The zero-order chi connectivity index (χ0) is 49.2. The van der Waals surface area contributed by atoms with Gasteiger partial charge in [-0.2, -0.15) is 0 Å². The average molecular weight is 952 g/mol. The molecule has 0 saturated heterocycles. The van der Waals surface area contributed by atoms with Crippen LogP contribution in [0.15, 0.2) is 200 Å². The fourth-order valence-electron chi connectivity index (χ4n) is 9.71. The van der Waals surface area contributed by atoms with Gasteiger partial charge >= 0.3 is 0 Å². The lowest BCUT2D eigenvalue weighted by Crippen LogP contribution is -2.09. The number of fused-ring (bicyclic) bond motifs is 4. The zero-order valence-corrected chi connectivity index (χ0v) is 40.3. The van der Waals surface area contributed by atoms with E-state index in [2.05, 4.69) is 83.8 Å². The molecule has 0 N–H and O–H groups in total. The van der Waals surface area contributed by atoms with E-state index in [0.717, 1.165) is 84.5 Å². The number of aryl methyl sites for hydroxylation is 4. The van der Waals surface area contributed by atoms with Crippen molar-refractivity contribution in [3.05, 3.63) is 200 Å². The van der Waals surface area contributed by atoms with Crippen molar-refractivity contribution < 1.29 is 9.47 Å². The minimum absolute atomic E-state index is 0.609. The lowest BCUT2D eigenvalue weighted by Gasteiger charge is -2.25. The summed E-state index contributed by atoms with van der Waals surface area (Å²) in [6.07, 6.45) is 0. The van der Waals surface area contributed by atoms with E-state index in [-0.39, 0.29) is 0 Å². The van der Waals surface area contributed by atoms with E-state index < -0.39 is 0 Å². The fraction of sp³-hybridized carbons (Fsp3) is 0.0667. The Morgan fingerprint density at radius 1 is 0.288 bits per heavy atom. The summed E-state index contributed by atoms with van der Waals surface area (Å²) in [5.74, 6) is 5.44. The molecule has 13 rings (SSSR count). The number of aromatic nitrogens is 10. The molecule has 6 heterocycles. The van der Waals surface area contributed by atoms with E-state index >= 15 is 0 Å². The van der Waals surface area contributed by atoms with Crippen LogP contribution >= 0.6 is 0 Å². The number of rotatable bonds is 11. The maximum Gasteiger partial charge on any atom is 0.159 e. The Hall–Kier alpha value is -9.88. The van der Waals surface area contributed by atoms with Crippen molar-refractivity contribution >= 4 is 61.2 Å². The van der Waals surface area contributed by atoms with Crippen molar-refractivity contribution in [2.45, 2.75) is 0 Å². The number of ether oxygens (including phenoxy) is 2. The van der Waals surface area contributed by atoms with Crippen LogP contribution in [0, 0.1) is 0 Å². The average Bonchev–Trinajstić information content (AvgIpc) is 4.17. The molecule has 13 aromatic rings. The van der Waals surface area contributed by atoms with Crippen LogP contribution in [0.5, 0.6) is 23.0 Å². The van der Waals surface area contributed by atoms with Gasteiger partial charge in [-0.15, -0.1) is 0 Å². The summed E-state index contributed by atoms with van der Waals surface area (Å²) in [4.78, 5) is 32.4. The third-order valence-corrected chi connectivity index (χ3v) is 13.3. The second-order valence-corrected chi connectivity index (χ2v) is 17.9. The highest BCUT2D eigenvalue weighted by atomic mass is 16.5. The van der Waals surface area contributed by atoms with Gasteiger partial charge in [-0.25, -0.2) is 29.9 Å². The van der Waals surface area contributed by atoms with Crippen LogP contribution in [0.3, 0.4) is 0 Å². The first kappa shape index (κ1) is 43.2. The van der Waals surface area contributed by atoms with Gasteiger partial charge < -0.3 is 32.6 Å². The molecular weight excluding hydrogens is 907 g/mol. The molecular formula is C60H45N11O2. The summed E-state index contributed by atoms with van der Waals surface area (Å²) in [7, 11) is 8.04. The third kappa shape index (κ3) is 7.76. The predicted molar refractivity (Wildman–Crippen MR) is 289 cm³/mol. The summed E-state index contributed by atoms with van der Waals surface area (Å²) >= 11 is 0. The van der Waals surface area contributed by atoms with Crippen molar-refractivity contribution in [3.8, 4) is 69.1 Å². The van der Waals surface area contributed by atoms with Crippen LogP contribution in [-0.2, 0) is 28.2 Å². The Morgan fingerprint density at radius 2 is 0.562 bits per heavy atom. The molecule has 73 heavy (non-hydrogen) atoms. The molecule has 352 valence electrons. The Morgan fingerprint density at radius 3 is 0.863 bits per heavy atom. The lowest BCUT2D eigenvalue weighted by molar-refractivity contribution is 0.482. The molecule has 0 aliphatic rings. The van der Waals surface area contributed by atoms with E-state index in [1.165, 1.54) is 0 Å². The molecule has 0 amide bonds. The predicted octanol–water partition coefficient (Wildman–Crippen LogP) is 13.7. The molecule has 0 aliphatic carbocycles. The van der Waals surface area contributed by atoms with Gasteiger partial charge in [-0.3, -0.25) is 0 Å². The standard InChI is InChI=1S/C60H45N11O2/c1-67-53-22-12-8-18-45(53)63-57(67)49-34-43(35-50(61-49)58-64-46-19-9-13-23-54(46)68(58)2)72-41-30-26-39(27-31-41)71(38-16-6-5-7-17-38)40-28-32-42(33-29-40)73-44-36-51(59-65-47-20-10-14-24-55(47)69(59)3)62-52(37-44)60-66-48-21-11-15-25-56(48)70(60)4/h5-37H,1-4H3. The maximum atomic E-state index is 6.70. The van der Waals surface area contributed by atoms with E-state index in [1.54, 1.807) is 0 Å². The van der Waals surface area contributed by atoms with Crippen molar-refractivity contribution in [2.24, 2.45) is 28.2 Å². The largest absolute Gasteiger partial charge is 0.457 e. The first-order chi connectivity index (χ1) is 35.8. The normalized spacial score (nSPS) is 11.6. The maximum absolute atomic E-state index is 6.70. The molecule has 0 unspecified atom stereocenters. The van der Waals surface area contributed by atoms with Gasteiger partial charge in [0, 0.05) is 69.5 Å². The highest BCUT2D eigenvalue weighted by Crippen LogP contribution is 2.39. The number of imidazole rings is 4. The number of hydrogen-bond acceptors (Lipinski definition) is 9. The Kier molecular flexibility index (Phi) is 10.4. The number of hydrogen-bond donors (Lipinski definition) is 0. The number of para-hydroxylation sites is 9. The fourth-order valence-corrected chi connectivity index (χ4v) is 9.71. The van der Waals surface area contributed by atoms with Crippen LogP contribution in [-0.4, -0.2) is 48.2 Å². The first-order valence-corrected chi connectivity index (χ1v) is 23.9. The summed E-state index contributed by atoms with van der Waals surface area (Å²) in [5.41, 5.74) is 13.2. The minimum atomic E-state index is 0.609. The smallest absolute Gasteiger partial charge is 0.159 e. The quantitative estimate of drug-likeness (QED) is 0.125. The van der Waals surface area contributed by atoms with Gasteiger partial charge in [0.1, 0.15) is 45.8 Å². The van der Waals surface area contributed by atoms with Crippen LogP contribution in [0.25, 0.3) is 90.2 Å². The van der Waals surface area contributed by atoms with E-state index in [1.807, 2.05) is 168 Å². The van der Waals surface area contributed by atoms with Crippen molar-refractivity contribution in [1.29, 1.82) is 0 Å². The molecule has 0 fully saturated rings. The van der Waals surface area contributed by atoms with Gasteiger partial charge in [0.05, 0.1) is 44.1 Å². The van der Waals surface area contributed by atoms with Gasteiger partial charge in [0.2, 0.25) is 0 Å². The van der Waals surface area contributed by atoms with E-state index in [4.69, 9.17) is 39.4 Å². The zero-order valence-electron chi connectivity index (χ0n) is 40.3. The molecule has 13 nitrogen and oxygen atoms in total. The molecule has 0 radical (unpaired) electrons. The summed E-state index contributed by atoms with van der Waals surface area (Å²) < 4.78 is 21.7. The van der Waals surface area contributed by atoms with E-state index in [0.29, 0.717) is 45.8 Å². The van der Waals surface area contributed by atoms with Gasteiger partial charge in [0.15, 0.2) is 23.3 Å². The minimum Gasteiger partial charge on any atom is -0.457 e. The van der Waals surface area contributed by atoms with Crippen molar-refractivity contribution in [2.75, 3.05) is 4.90 Å². The highest BCUT2D eigenvalue weighted by Gasteiger charge is 2.21. The molecule has 6 aromatic heterocycles. The monoisotopic (exact) mass is 951 g/mol. The van der Waals surface area contributed by atoms with Crippen molar-refractivity contribution in [1.82, 2.24) is 48.2 Å². The molecule has 0 saturated carbocycles. The first-order valence-electron chi connectivity index (χ1n) is 23.9. The molecule has 0 spiro atoms. The van der Waals surface area contributed by atoms with Gasteiger partial charge in [0.25, 0.3) is 0 Å². The highest BCUT2D eigenvalue weighted by molar-refractivity contribution is 5.85. The molecule has 0 atom stereocenters. The summed E-state index contributed by atoms with van der Waals surface area (Å²) in [5, 5.41) is 0. The third-order valence-electron chi connectivity index (χ3n) is 13.3. The van der Waals surface area contributed by atoms with Gasteiger partial charge in [-0.1, -0.05) is 66.7 Å². The van der Waals surface area contributed by atoms with Crippen molar-refractivity contribution in [3.63, 3.8) is 0 Å². The Bertz CT molecular complexity index is 3760. The number of pyridine rings is 2. The number of benzene rings is 7. The molecule has 7 aromatic carbocycles. The number of anilines is 3. The number of nitrogens with zero attached hydrogens (tertiary/aromatic N) is 11. The van der Waals surface area contributed by atoms with Crippen LogP contribution in [0.4, 0.5) is 17.1 Å². The Balaban J connectivity index is 0.825. The molecule has 0 aliphatic heterocycles. The second kappa shape index (κ2) is 17.5. The Labute approximate surface area is 419 Å². The second-order valence-electron chi connectivity index (χ2n) is 17.9. The summed E-state index contributed by atoms with van der Waals surface area (Å²) in [6, 6.07) is 66.6.